The van der Waals surface area contributed by atoms with E-state index in [-0.39, 0.29) is 11.8 Å². The first-order valence-electron chi connectivity index (χ1n) is 5.27. The molecule has 1 atom stereocenters. The topological polar surface area (TPSA) is 59.0 Å². The van der Waals surface area contributed by atoms with Gasteiger partial charge in [0.1, 0.15) is 0 Å². The Morgan fingerprint density at radius 2 is 2.60 bits per heavy atom. The van der Waals surface area contributed by atoms with Gasteiger partial charge in [0.2, 0.25) is 5.91 Å². The van der Waals surface area contributed by atoms with E-state index in [9.17, 15) is 4.79 Å². The van der Waals surface area contributed by atoms with Crippen molar-refractivity contribution in [3.63, 3.8) is 0 Å². The van der Waals surface area contributed by atoms with Gasteiger partial charge in [-0.2, -0.15) is 5.10 Å². The van der Waals surface area contributed by atoms with E-state index in [0.29, 0.717) is 5.82 Å². The maximum absolute atomic E-state index is 11.8. The van der Waals surface area contributed by atoms with Crippen molar-refractivity contribution in [3.8, 4) is 0 Å². The zero-order valence-electron chi connectivity index (χ0n) is 8.86. The Morgan fingerprint density at radius 3 is 3.20 bits per heavy atom. The largest absolute Gasteiger partial charge is 0.316 e. The van der Waals surface area contributed by atoms with Crippen molar-refractivity contribution in [2.24, 2.45) is 13.0 Å². The number of piperidine rings is 1. The summed E-state index contributed by atoms with van der Waals surface area (Å²) in [6, 6.07) is 1.80. The lowest BCUT2D eigenvalue weighted by atomic mass is 9.99. The maximum Gasteiger partial charge on any atom is 0.229 e. The van der Waals surface area contributed by atoms with Crippen molar-refractivity contribution in [2.45, 2.75) is 12.8 Å². The highest BCUT2D eigenvalue weighted by Gasteiger charge is 2.21. The highest BCUT2D eigenvalue weighted by Crippen LogP contribution is 2.12. The van der Waals surface area contributed by atoms with Gasteiger partial charge in [-0.25, -0.2) is 0 Å². The molecule has 1 amide bonds. The molecular formula is C10H16N4O. The molecule has 0 aliphatic carbocycles. The Balaban J connectivity index is 1.91. The van der Waals surface area contributed by atoms with E-state index in [0.717, 1.165) is 25.9 Å². The molecule has 0 bridgehead atoms. The minimum Gasteiger partial charge on any atom is -0.316 e. The van der Waals surface area contributed by atoms with Gasteiger partial charge in [-0.1, -0.05) is 0 Å². The van der Waals surface area contributed by atoms with Crippen LogP contribution in [0.4, 0.5) is 5.82 Å². The van der Waals surface area contributed by atoms with E-state index < -0.39 is 0 Å². The van der Waals surface area contributed by atoms with Gasteiger partial charge in [-0.05, 0) is 19.4 Å². The first-order chi connectivity index (χ1) is 7.25. The summed E-state index contributed by atoms with van der Waals surface area (Å²) in [5.74, 6) is 0.787. The summed E-state index contributed by atoms with van der Waals surface area (Å²) in [4.78, 5) is 11.8. The minimum absolute atomic E-state index is 0.0703. The summed E-state index contributed by atoms with van der Waals surface area (Å²) in [5, 5.41) is 10.2. The molecule has 2 rings (SSSR count). The van der Waals surface area contributed by atoms with Crippen LogP contribution < -0.4 is 10.6 Å². The number of aryl methyl sites for hydroxylation is 1. The number of nitrogens with zero attached hydrogens (tertiary/aromatic N) is 2. The molecule has 1 saturated heterocycles. The summed E-state index contributed by atoms with van der Waals surface area (Å²) >= 11 is 0. The van der Waals surface area contributed by atoms with E-state index >= 15 is 0 Å². The van der Waals surface area contributed by atoms with Gasteiger partial charge >= 0.3 is 0 Å². The standard InChI is InChI=1S/C10H16N4O/c1-14-6-4-9(13-14)12-10(15)8-3-2-5-11-7-8/h4,6,8,11H,2-3,5,7H2,1H3,(H,12,13,15). The molecule has 1 aromatic rings. The molecule has 1 fully saturated rings. The lowest BCUT2D eigenvalue weighted by molar-refractivity contribution is -0.120. The Hall–Kier alpha value is -1.36. The third-order valence-electron chi connectivity index (χ3n) is 2.63. The Labute approximate surface area is 88.8 Å². The molecule has 0 saturated carbocycles. The van der Waals surface area contributed by atoms with Crippen LogP contribution in [0.5, 0.6) is 0 Å². The average Bonchev–Trinajstić information content (AvgIpc) is 2.65. The molecule has 1 unspecified atom stereocenters. The molecule has 5 nitrogen and oxygen atoms in total. The van der Waals surface area contributed by atoms with Crippen molar-refractivity contribution >= 4 is 11.7 Å². The third-order valence-corrected chi connectivity index (χ3v) is 2.63. The molecule has 1 aliphatic heterocycles. The number of nitrogens with one attached hydrogen (secondary N) is 2. The van der Waals surface area contributed by atoms with Crippen LogP contribution in [0.15, 0.2) is 12.3 Å². The van der Waals surface area contributed by atoms with Crippen LogP contribution >= 0.6 is 0 Å². The minimum atomic E-state index is 0.0703. The highest BCUT2D eigenvalue weighted by atomic mass is 16.2. The van der Waals surface area contributed by atoms with E-state index in [1.54, 1.807) is 10.7 Å². The van der Waals surface area contributed by atoms with Crippen LogP contribution in [-0.4, -0.2) is 28.8 Å². The zero-order chi connectivity index (χ0) is 10.7. The van der Waals surface area contributed by atoms with Crippen molar-refractivity contribution < 1.29 is 4.79 Å². The van der Waals surface area contributed by atoms with Crippen LogP contribution in [0.2, 0.25) is 0 Å². The van der Waals surface area contributed by atoms with Gasteiger partial charge in [-0.3, -0.25) is 9.48 Å². The Morgan fingerprint density at radius 1 is 1.73 bits per heavy atom. The first-order valence-corrected chi connectivity index (χ1v) is 5.27. The number of rotatable bonds is 2. The van der Waals surface area contributed by atoms with Gasteiger partial charge in [0.25, 0.3) is 0 Å². The molecule has 5 heteroatoms. The second kappa shape index (κ2) is 4.44. The summed E-state index contributed by atoms with van der Waals surface area (Å²) in [5.41, 5.74) is 0. The van der Waals surface area contributed by atoms with E-state index in [2.05, 4.69) is 15.7 Å². The molecule has 1 aliphatic rings. The van der Waals surface area contributed by atoms with Gasteiger partial charge < -0.3 is 10.6 Å². The molecule has 0 spiro atoms. The quantitative estimate of drug-likeness (QED) is 0.737. The fourth-order valence-electron chi connectivity index (χ4n) is 1.79. The number of hydrogen-bond acceptors (Lipinski definition) is 3. The summed E-state index contributed by atoms with van der Waals surface area (Å²) in [6.07, 6.45) is 3.85. The normalized spacial score (nSPS) is 21.3. The molecule has 15 heavy (non-hydrogen) atoms. The molecule has 2 heterocycles. The maximum atomic E-state index is 11.8. The predicted molar refractivity (Wildman–Crippen MR) is 57.4 cm³/mol. The van der Waals surface area contributed by atoms with Crippen LogP contribution in [-0.2, 0) is 11.8 Å². The van der Waals surface area contributed by atoms with E-state index in [1.165, 1.54) is 0 Å². The lowest BCUT2D eigenvalue weighted by Gasteiger charge is -2.21. The SMILES string of the molecule is Cn1ccc(NC(=O)C2CCCNC2)n1. The van der Waals surface area contributed by atoms with Crippen LogP contribution in [0.1, 0.15) is 12.8 Å². The number of amides is 1. The van der Waals surface area contributed by atoms with Crippen molar-refractivity contribution in [1.29, 1.82) is 0 Å². The average molecular weight is 208 g/mol. The number of carbonyl (C=O) groups is 1. The fourth-order valence-corrected chi connectivity index (χ4v) is 1.79. The number of anilines is 1. The fraction of sp³-hybridized carbons (Fsp3) is 0.600. The number of aromatic nitrogens is 2. The van der Waals surface area contributed by atoms with Gasteiger partial charge in [-0.15, -0.1) is 0 Å². The Bertz CT molecular complexity index is 341. The first kappa shape index (κ1) is 10.2. The molecule has 1 aromatic heterocycles. The smallest absolute Gasteiger partial charge is 0.229 e. The van der Waals surface area contributed by atoms with Gasteiger partial charge in [0.05, 0.1) is 5.92 Å². The second-order valence-corrected chi connectivity index (χ2v) is 3.91. The predicted octanol–water partition coefficient (Wildman–Crippen LogP) is 0.358. The number of hydrogen-bond donors (Lipinski definition) is 2. The monoisotopic (exact) mass is 208 g/mol. The second-order valence-electron chi connectivity index (χ2n) is 3.91. The van der Waals surface area contributed by atoms with Crippen molar-refractivity contribution in [1.82, 2.24) is 15.1 Å². The third kappa shape index (κ3) is 2.56. The molecular weight excluding hydrogens is 192 g/mol. The summed E-state index contributed by atoms with van der Waals surface area (Å²) < 4.78 is 1.68. The molecule has 0 aromatic carbocycles. The van der Waals surface area contributed by atoms with Crippen molar-refractivity contribution in [3.05, 3.63) is 12.3 Å². The van der Waals surface area contributed by atoms with Crippen LogP contribution in [0.3, 0.4) is 0 Å². The lowest BCUT2D eigenvalue weighted by Crippen LogP contribution is -2.37. The molecule has 0 radical (unpaired) electrons. The summed E-state index contributed by atoms with van der Waals surface area (Å²) in [7, 11) is 1.83. The zero-order valence-corrected chi connectivity index (χ0v) is 8.86. The molecule has 82 valence electrons. The van der Waals surface area contributed by atoms with Gasteiger partial charge in [0.15, 0.2) is 5.82 Å². The Kier molecular flexibility index (Phi) is 3.01. The van der Waals surface area contributed by atoms with Crippen molar-refractivity contribution in [2.75, 3.05) is 18.4 Å². The van der Waals surface area contributed by atoms with E-state index in [1.807, 2.05) is 13.2 Å². The summed E-state index contributed by atoms with van der Waals surface area (Å²) in [6.45, 7) is 1.80. The number of carbonyl (C=O) groups excluding carboxylic acids is 1. The van der Waals surface area contributed by atoms with Crippen LogP contribution in [0, 0.1) is 5.92 Å². The van der Waals surface area contributed by atoms with Gasteiger partial charge in [0, 0.05) is 25.9 Å². The van der Waals surface area contributed by atoms with Crippen LogP contribution in [0.25, 0.3) is 0 Å². The van der Waals surface area contributed by atoms with E-state index in [4.69, 9.17) is 0 Å². The molecule has 2 N–H and O–H groups in total. The highest BCUT2D eigenvalue weighted by molar-refractivity contribution is 5.91.